The Bertz CT molecular complexity index is 638. The standard InChI is InChI=1S/C15H17N3O3/c1-9-7-11(16-2)6-5-10(9)8-12-13(19)17(3)15(21)18(4)14(12)20/h5-8,16H,1-4H3. The Morgan fingerprint density at radius 2 is 1.62 bits per heavy atom. The first-order valence-electron chi connectivity index (χ1n) is 6.47. The first kappa shape index (κ1) is 14.8. The number of likely N-dealkylation sites (N-methyl/N-ethyl adjacent to an activating group) is 2. The molecule has 4 amide bonds. The van der Waals surface area contributed by atoms with Crippen molar-refractivity contribution < 1.29 is 14.4 Å². The highest BCUT2D eigenvalue weighted by Gasteiger charge is 2.37. The predicted octanol–water partition coefficient (Wildman–Crippen LogP) is 1.47. The first-order valence-corrected chi connectivity index (χ1v) is 6.47. The molecular formula is C15H17N3O3. The van der Waals surface area contributed by atoms with Gasteiger partial charge in [0.25, 0.3) is 11.8 Å². The zero-order valence-electron chi connectivity index (χ0n) is 12.4. The van der Waals surface area contributed by atoms with E-state index in [1.807, 2.05) is 32.2 Å². The summed E-state index contributed by atoms with van der Waals surface area (Å²) in [7, 11) is 4.54. The van der Waals surface area contributed by atoms with E-state index >= 15 is 0 Å². The Kier molecular flexibility index (Phi) is 3.80. The van der Waals surface area contributed by atoms with Crippen LogP contribution in [0.25, 0.3) is 6.08 Å². The van der Waals surface area contributed by atoms with Gasteiger partial charge in [0, 0.05) is 26.8 Å². The van der Waals surface area contributed by atoms with Crippen molar-refractivity contribution in [3.05, 3.63) is 34.9 Å². The van der Waals surface area contributed by atoms with Crippen molar-refractivity contribution in [2.75, 3.05) is 26.5 Å². The van der Waals surface area contributed by atoms with Gasteiger partial charge in [-0.3, -0.25) is 19.4 Å². The average Bonchev–Trinajstić information content (AvgIpc) is 2.48. The number of hydrogen-bond acceptors (Lipinski definition) is 4. The van der Waals surface area contributed by atoms with E-state index < -0.39 is 17.8 Å². The molecule has 0 unspecified atom stereocenters. The molecule has 0 radical (unpaired) electrons. The zero-order valence-corrected chi connectivity index (χ0v) is 12.4. The van der Waals surface area contributed by atoms with Crippen LogP contribution in [0.3, 0.4) is 0 Å². The minimum Gasteiger partial charge on any atom is -0.388 e. The SMILES string of the molecule is CNc1ccc(C=C2C(=O)N(C)C(=O)N(C)C2=O)c(C)c1. The van der Waals surface area contributed by atoms with E-state index in [4.69, 9.17) is 0 Å². The molecule has 1 saturated heterocycles. The minimum atomic E-state index is -0.621. The number of carbonyl (C=O) groups excluding carboxylic acids is 3. The van der Waals surface area contributed by atoms with E-state index in [9.17, 15) is 14.4 Å². The van der Waals surface area contributed by atoms with E-state index in [0.717, 1.165) is 26.6 Å². The molecule has 1 aliphatic heterocycles. The summed E-state index contributed by atoms with van der Waals surface area (Å²) in [6.45, 7) is 1.89. The lowest BCUT2D eigenvalue weighted by atomic mass is 10.0. The van der Waals surface area contributed by atoms with Crippen LogP contribution in [0, 0.1) is 6.92 Å². The topological polar surface area (TPSA) is 69.7 Å². The molecule has 21 heavy (non-hydrogen) atoms. The van der Waals surface area contributed by atoms with Crippen molar-refractivity contribution in [1.82, 2.24) is 9.80 Å². The molecule has 0 spiro atoms. The summed E-state index contributed by atoms with van der Waals surface area (Å²) >= 11 is 0. The second-order valence-corrected chi connectivity index (χ2v) is 4.89. The third-order valence-corrected chi connectivity index (χ3v) is 3.50. The van der Waals surface area contributed by atoms with Crippen LogP contribution in [0.2, 0.25) is 0 Å². The zero-order chi connectivity index (χ0) is 15.7. The number of imide groups is 2. The van der Waals surface area contributed by atoms with Crippen LogP contribution in [-0.4, -0.2) is 48.8 Å². The maximum Gasteiger partial charge on any atom is 0.333 e. The van der Waals surface area contributed by atoms with Crippen molar-refractivity contribution >= 4 is 29.6 Å². The number of anilines is 1. The normalized spacial score (nSPS) is 15.6. The van der Waals surface area contributed by atoms with Gasteiger partial charge in [0.2, 0.25) is 0 Å². The highest BCUT2D eigenvalue weighted by molar-refractivity contribution is 6.30. The van der Waals surface area contributed by atoms with Crippen molar-refractivity contribution in [3.8, 4) is 0 Å². The molecule has 2 rings (SSSR count). The first-order chi connectivity index (χ1) is 9.86. The predicted molar refractivity (Wildman–Crippen MR) is 79.6 cm³/mol. The van der Waals surface area contributed by atoms with Gasteiger partial charge < -0.3 is 5.32 Å². The van der Waals surface area contributed by atoms with Gasteiger partial charge in [-0.05, 0) is 36.3 Å². The summed E-state index contributed by atoms with van der Waals surface area (Å²) in [5.41, 5.74) is 2.62. The molecule has 6 nitrogen and oxygen atoms in total. The van der Waals surface area contributed by atoms with Crippen LogP contribution in [0.15, 0.2) is 23.8 Å². The number of aryl methyl sites for hydroxylation is 1. The number of barbiturate groups is 1. The largest absolute Gasteiger partial charge is 0.388 e. The molecule has 1 fully saturated rings. The van der Waals surface area contributed by atoms with Crippen LogP contribution < -0.4 is 5.32 Å². The molecule has 1 heterocycles. The fourth-order valence-corrected chi connectivity index (χ4v) is 2.12. The van der Waals surface area contributed by atoms with E-state index in [-0.39, 0.29) is 5.57 Å². The van der Waals surface area contributed by atoms with Crippen molar-refractivity contribution in [2.24, 2.45) is 0 Å². The highest BCUT2D eigenvalue weighted by Crippen LogP contribution is 2.21. The number of nitrogens with zero attached hydrogens (tertiary/aromatic N) is 2. The second-order valence-electron chi connectivity index (χ2n) is 4.89. The number of rotatable bonds is 2. The summed E-state index contributed by atoms with van der Waals surface area (Å²) in [5.74, 6) is -1.17. The summed E-state index contributed by atoms with van der Waals surface area (Å²) in [6, 6.07) is 4.98. The van der Waals surface area contributed by atoms with Gasteiger partial charge in [-0.1, -0.05) is 6.07 Å². The lowest BCUT2D eigenvalue weighted by molar-refractivity contribution is -0.134. The number of amides is 4. The summed E-state index contributed by atoms with van der Waals surface area (Å²) in [4.78, 5) is 37.8. The molecule has 0 saturated carbocycles. The lowest BCUT2D eigenvalue weighted by Crippen LogP contribution is -2.52. The van der Waals surface area contributed by atoms with Crippen LogP contribution in [0.1, 0.15) is 11.1 Å². The summed E-state index contributed by atoms with van der Waals surface area (Å²) in [5, 5.41) is 3.02. The average molecular weight is 287 g/mol. The van der Waals surface area contributed by atoms with E-state index in [0.29, 0.717) is 0 Å². The van der Waals surface area contributed by atoms with Crippen LogP contribution in [-0.2, 0) is 9.59 Å². The number of urea groups is 1. The second kappa shape index (κ2) is 5.40. The fraction of sp³-hybridized carbons (Fsp3) is 0.267. The van der Waals surface area contributed by atoms with Crippen LogP contribution in [0.5, 0.6) is 0 Å². The fourth-order valence-electron chi connectivity index (χ4n) is 2.12. The molecule has 1 aliphatic rings. The third kappa shape index (κ3) is 2.52. The van der Waals surface area contributed by atoms with E-state index in [1.165, 1.54) is 20.2 Å². The van der Waals surface area contributed by atoms with Crippen molar-refractivity contribution in [3.63, 3.8) is 0 Å². The van der Waals surface area contributed by atoms with Crippen LogP contribution in [0.4, 0.5) is 10.5 Å². The molecule has 0 aliphatic carbocycles. The Morgan fingerprint density at radius 1 is 1.05 bits per heavy atom. The van der Waals surface area contributed by atoms with Gasteiger partial charge in [0.15, 0.2) is 0 Å². The number of nitrogens with one attached hydrogen (secondary N) is 1. The highest BCUT2D eigenvalue weighted by atomic mass is 16.2. The monoisotopic (exact) mass is 287 g/mol. The van der Waals surface area contributed by atoms with Gasteiger partial charge in [-0.2, -0.15) is 0 Å². The minimum absolute atomic E-state index is 0.0140. The maximum absolute atomic E-state index is 12.1. The van der Waals surface area contributed by atoms with Gasteiger partial charge in [0.1, 0.15) is 5.57 Å². The molecule has 1 aromatic carbocycles. The van der Waals surface area contributed by atoms with E-state index in [2.05, 4.69) is 5.32 Å². The Morgan fingerprint density at radius 3 is 2.10 bits per heavy atom. The molecule has 1 aromatic rings. The molecule has 0 aromatic heterocycles. The summed E-state index contributed by atoms with van der Waals surface area (Å²) < 4.78 is 0. The molecule has 0 atom stereocenters. The van der Waals surface area contributed by atoms with Crippen molar-refractivity contribution in [2.45, 2.75) is 6.92 Å². The van der Waals surface area contributed by atoms with Gasteiger partial charge in [0.05, 0.1) is 0 Å². The quantitative estimate of drug-likeness (QED) is 0.660. The molecule has 110 valence electrons. The molecular weight excluding hydrogens is 270 g/mol. The van der Waals surface area contributed by atoms with Gasteiger partial charge in [-0.25, -0.2) is 4.79 Å². The summed E-state index contributed by atoms with van der Waals surface area (Å²) in [6.07, 6.45) is 1.53. The lowest BCUT2D eigenvalue weighted by Gasteiger charge is -2.29. The van der Waals surface area contributed by atoms with Gasteiger partial charge >= 0.3 is 6.03 Å². The van der Waals surface area contributed by atoms with Crippen molar-refractivity contribution in [1.29, 1.82) is 0 Å². The molecule has 0 bridgehead atoms. The number of hydrogen-bond donors (Lipinski definition) is 1. The molecule has 6 heteroatoms. The number of carbonyl (C=O) groups is 3. The molecule has 1 N–H and O–H groups in total. The maximum atomic E-state index is 12.1. The van der Waals surface area contributed by atoms with Gasteiger partial charge in [-0.15, -0.1) is 0 Å². The van der Waals surface area contributed by atoms with Crippen LogP contribution >= 0.6 is 0 Å². The Labute approximate surface area is 123 Å². The third-order valence-electron chi connectivity index (χ3n) is 3.50. The smallest absolute Gasteiger partial charge is 0.333 e. The number of benzene rings is 1. The van der Waals surface area contributed by atoms with E-state index in [1.54, 1.807) is 0 Å². The Balaban J connectivity index is 2.46. The Hall–Kier alpha value is -2.63.